The number of carbonyl (C=O) groups is 1. The van der Waals surface area contributed by atoms with Gasteiger partial charge in [-0.3, -0.25) is 9.69 Å². The van der Waals surface area contributed by atoms with Crippen molar-refractivity contribution < 1.29 is 9.90 Å². The van der Waals surface area contributed by atoms with Crippen LogP contribution in [-0.2, 0) is 17.8 Å². The number of carboxylic acids is 1. The van der Waals surface area contributed by atoms with Crippen molar-refractivity contribution in [3.8, 4) is 0 Å². The zero-order valence-electron chi connectivity index (χ0n) is 16.1. The molecule has 1 fully saturated rings. The fourth-order valence-electron chi connectivity index (χ4n) is 3.57. The minimum atomic E-state index is -0.690. The molecule has 3 rings (SSSR count). The second-order valence-electron chi connectivity index (χ2n) is 7.44. The molecule has 2 aromatic rings. The lowest BCUT2D eigenvalue weighted by Crippen LogP contribution is -2.49. The fourth-order valence-corrected chi connectivity index (χ4v) is 3.69. The number of hydrogen-bond acceptors (Lipinski definition) is 3. The third kappa shape index (κ3) is 4.63. The first kappa shape index (κ1) is 19.7. The van der Waals surface area contributed by atoms with Gasteiger partial charge >= 0.3 is 5.97 Å². The van der Waals surface area contributed by atoms with Gasteiger partial charge in [0.1, 0.15) is 0 Å². The summed E-state index contributed by atoms with van der Waals surface area (Å²) in [7, 11) is 0. The molecule has 0 amide bonds. The van der Waals surface area contributed by atoms with Crippen LogP contribution >= 0.6 is 11.6 Å². The Morgan fingerprint density at radius 3 is 2.63 bits per heavy atom. The average Bonchev–Trinajstić information content (AvgIpc) is 2.59. The molecular weight excluding hydrogens is 360 g/mol. The largest absolute Gasteiger partial charge is 0.481 e. The van der Waals surface area contributed by atoms with Gasteiger partial charge in [-0.2, -0.15) is 0 Å². The van der Waals surface area contributed by atoms with Gasteiger partial charge in [-0.15, -0.1) is 0 Å². The third-order valence-electron chi connectivity index (χ3n) is 5.35. The van der Waals surface area contributed by atoms with Gasteiger partial charge in [0.2, 0.25) is 0 Å². The Balaban J connectivity index is 1.70. The molecule has 1 saturated heterocycles. The van der Waals surface area contributed by atoms with E-state index in [9.17, 15) is 4.79 Å². The van der Waals surface area contributed by atoms with Crippen molar-refractivity contribution in [1.82, 2.24) is 4.90 Å². The van der Waals surface area contributed by atoms with Crippen LogP contribution < -0.4 is 5.32 Å². The molecule has 27 heavy (non-hydrogen) atoms. The van der Waals surface area contributed by atoms with Crippen molar-refractivity contribution in [1.29, 1.82) is 0 Å². The topological polar surface area (TPSA) is 52.6 Å². The molecular formula is C22H27ClN2O2. The Morgan fingerprint density at radius 1 is 1.26 bits per heavy atom. The molecule has 4 nitrogen and oxygen atoms in total. The quantitative estimate of drug-likeness (QED) is 0.710. The normalized spacial score (nSPS) is 16.0. The molecule has 2 N–H and O–H groups in total. The number of halogens is 1. The molecule has 5 heteroatoms. The Morgan fingerprint density at radius 2 is 2.00 bits per heavy atom. The first-order chi connectivity index (χ1) is 12.9. The summed E-state index contributed by atoms with van der Waals surface area (Å²) in [5, 5.41) is 13.4. The molecule has 0 spiro atoms. The van der Waals surface area contributed by atoms with E-state index in [0.717, 1.165) is 29.2 Å². The number of aliphatic carboxylic acids is 1. The molecule has 0 bridgehead atoms. The van der Waals surface area contributed by atoms with E-state index in [4.69, 9.17) is 16.7 Å². The van der Waals surface area contributed by atoms with Gasteiger partial charge < -0.3 is 10.4 Å². The number of nitrogens with one attached hydrogen (secondary N) is 1. The first-order valence-electron chi connectivity index (χ1n) is 9.47. The maximum absolute atomic E-state index is 11.0. The molecule has 1 atom stereocenters. The summed E-state index contributed by atoms with van der Waals surface area (Å²) >= 11 is 6.14. The summed E-state index contributed by atoms with van der Waals surface area (Å²) in [5.41, 5.74) is 5.94. The first-order valence-corrected chi connectivity index (χ1v) is 9.84. The Bertz CT molecular complexity index is 831. The summed E-state index contributed by atoms with van der Waals surface area (Å²) in [6.07, 6.45) is 0.970. The lowest BCUT2D eigenvalue weighted by atomic mass is 9.97. The van der Waals surface area contributed by atoms with Crippen LogP contribution in [0, 0.1) is 12.8 Å². The molecule has 0 saturated carbocycles. The van der Waals surface area contributed by atoms with Gasteiger partial charge in [-0.1, -0.05) is 36.7 Å². The van der Waals surface area contributed by atoms with Gasteiger partial charge in [-0.05, 0) is 60.7 Å². The lowest BCUT2D eigenvalue weighted by molar-refractivity contribution is -0.147. The lowest BCUT2D eigenvalue weighted by Gasteiger charge is -2.37. The SMILES string of the molecule is CCc1ccc(NC(C)c2ccc(Cl)c(C)c2)cc1CN1CC(C(=O)O)C1. The smallest absolute Gasteiger partial charge is 0.309 e. The third-order valence-corrected chi connectivity index (χ3v) is 5.78. The second-order valence-corrected chi connectivity index (χ2v) is 7.85. The number of benzene rings is 2. The maximum Gasteiger partial charge on any atom is 0.309 e. The van der Waals surface area contributed by atoms with E-state index < -0.39 is 5.97 Å². The van der Waals surface area contributed by atoms with E-state index in [-0.39, 0.29) is 12.0 Å². The number of nitrogens with zero attached hydrogens (tertiary/aromatic N) is 1. The highest BCUT2D eigenvalue weighted by Crippen LogP contribution is 2.27. The zero-order chi connectivity index (χ0) is 19.6. The highest BCUT2D eigenvalue weighted by atomic mass is 35.5. The molecule has 2 aromatic carbocycles. The number of anilines is 1. The summed E-state index contributed by atoms with van der Waals surface area (Å²) in [6, 6.07) is 12.8. The van der Waals surface area contributed by atoms with Gasteiger partial charge in [-0.25, -0.2) is 0 Å². The van der Waals surface area contributed by atoms with Crippen molar-refractivity contribution in [2.45, 2.75) is 39.8 Å². The van der Waals surface area contributed by atoms with Crippen molar-refractivity contribution in [3.05, 3.63) is 63.7 Å². The highest BCUT2D eigenvalue weighted by Gasteiger charge is 2.32. The van der Waals surface area contributed by atoms with Crippen LogP contribution in [-0.4, -0.2) is 29.1 Å². The maximum atomic E-state index is 11.0. The van der Waals surface area contributed by atoms with E-state index >= 15 is 0 Å². The summed E-state index contributed by atoms with van der Waals surface area (Å²) < 4.78 is 0. The van der Waals surface area contributed by atoms with E-state index in [1.54, 1.807) is 0 Å². The highest BCUT2D eigenvalue weighted by molar-refractivity contribution is 6.31. The number of rotatable bonds is 7. The van der Waals surface area contributed by atoms with Gasteiger partial charge in [0.05, 0.1) is 5.92 Å². The number of likely N-dealkylation sites (tertiary alicyclic amines) is 1. The number of hydrogen-bond donors (Lipinski definition) is 2. The second kappa shape index (κ2) is 8.32. The molecule has 1 heterocycles. The molecule has 1 aliphatic heterocycles. The van der Waals surface area contributed by atoms with Crippen LogP contribution in [0.15, 0.2) is 36.4 Å². The molecule has 0 radical (unpaired) electrons. The van der Waals surface area contributed by atoms with Crippen LogP contribution in [0.4, 0.5) is 5.69 Å². The predicted octanol–water partition coefficient (Wildman–Crippen LogP) is 4.90. The standard InChI is InChI=1S/C22H27ClN2O2/c1-4-16-5-7-20(10-18(16)11-25-12-19(13-25)22(26)27)24-15(3)17-6-8-21(23)14(2)9-17/h5-10,15,19,24H,4,11-13H2,1-3H3,(H,26,27). The van der Waals surface area contributed by atoms with E-state index in [1.165, 1.54) is 16.7 Å². The van der Waals surface area contributed by atoms with E-state index in [0.29, 0.717) is 13.1 Å². The van der Waals surface area contributed by atoms with Crippen molar-refractivity contribution in [2.24, 2.45) is 5.92 Å². The molecule has 1 unspecified atom stereocenters. The zero-order valence-corrected chi connectivity index (χ0v) is 16.9. The minimum Gasteiger partial charge on any atom is -0.481 e. The van der Waals surface area contributed by atoms with Gasteiger partial charge in [0, 0.05) is 36.4 Å². The van der Waals surface area contributed by atoms with Gasteiger partial charge in [0.15, 0.2) is 0 Å². The summed E-state index contributed by atoms with van der Waals surface area (Å²) in [5.74, 6) is -0.908. The van der Waals surface area contributed by atoms with Crippen molar-refractivity contribution in [3.63, 3.8) is 0 Å². The van der Waals surface area contributed by atoms with Gasteiger partial charge in [0.25, 0.3) is 0 Å². The van der Waals surface area contributed by atoms with Crippen LogP contribution in [0.25, 0.3) is 0 Å². The molecule has 144 valence electrons. The number of aryl methyl sites for hydroxylation is 2. The van der Waals surface area contributed by atoms with E-state index in [2.05, 4.69) is 54.4 Å². The Kier molecular flexibility index (Phi) is 6.08. The molecule has 1 aliphatic rings. The summed E-state index contributed by atoms with van der Waals surface area (Å²) in [6.45, 7) is 8.39. The minimum absolute atomic E-state index is 0.168. The monoisotopic (exact) mass is 386 g/mol. The average molecular weight is 387 g/mol. The summed E-state index contributed by atoms with van der Waals surface area (Å²) in [4.78, 5) is 13.2. The van der Waals surface area contributed by atoms with Crippen LogP contribution in [0.1, 0.15) is 42.1 Å². The Hall–Kier alpha value is -2.04. The van der Waals surface area contributed by atoms with Crippen molar-refractivity contribution >= 4 is 23.3 Å². The van der Waals surface area contributed by atoms with E-state index in [1.807, 2.05) is 13.0 Å². The predicted molar refractivity (Wildman–Crippen MR) is 110 cm³/mol. The van der Waals surface area contributed by atoms with Crippen LogP contribution in [0.3, 0.4) is 0 Å². The van der Waals surface area contributed by atoms with Crippen molar-refractivity contribution in [2.75, 3.05) is 18.4 Å². The van der Waals surface area contributed by atoms with Crippen LogP contribution in [0.2, 0.25) is 5.02 Å². The fraction of sp³-hybridized carbons (Fsp3) is 0.409. The molecule has 0 aromatic heterocycles. The Labute approximate surface area is 166 Å². The number of carboxylic acid groups (broad SMARTS) is 1. The van der Waals surface area contributed by atoms with Crippen LogP contribution in [0.5, 0.6) is 0 Å². The molecule has 0 aliphatic carbocycles.